The first-order chi connectivity index (χ1) is 10.1. The highest BCUT2D eigenvalue weighted by atomic mass is 35.5. The van der Waals surface area contributed by atoms with E-state index in [1.54, 1.807) is 12.1 Å². The summed E-state index contributed by atoms with van der Waals surface area (Å²) in [6.07, 6.45) is 5.19. The van der Waals surface area contributed by atoms with Crippen LogP contribution in [0.5, 0.6) is 11.5 Å². The van der Waals surface area contributed by atoms with E-state index in [-0.39, 0.29) is 13.2 Å². The Morgan fingerprint density at radius 3 is 2.67 bits per heavy atom. The molecule has 0 aromatic heterocycles. The number of ether oxygens (including phenoxy) is 2. The minimum absolute atomic E-state index is 0.190. The van der Waals surface area contributed by atoms with Crippen molar-refractivity contribution < 1.29 is 19.7 Å². The zero-order chi connectivity index (χ0) is 15.2. The van der Waals surface area contributed by atoms with Crippen LogP contribution in [0.2, 0.25) is 5.02 Å². The molecule has 0 saturated heterocycles. The molecule has 4 nitrogen and oxygen atoms in total. The van der Waals surface area contributed by atoms with Gasteiger partial charge in [-0.15, -0.1) is 0 Å². The molecule has 0 bridgehead atoms. The van der Waals surface area contributed by atoms with Crippen LogP contribution >= 0.6 is 11.6 Å². The molecule has 5 heteroatoms. The predicted octanol–water partition coefficient (Wildman–Crippen LogP) is 3.16. The second-order valence-electron chi connectivity index (χ2n) is 5.61. The minimum atomic E-state index is -0.500. The van der Waals surface area contributed by atoms with Crippen molar-refractivity contribution in [3.63, 3.8) is 0 Å². The van der Waals surface area contributed by atoms with Crippen molar-refractivity contribution in [3.05, 3.63) is 22.7 Å². The Bertz CT molecular complexity index is 433. The largest absolute Gasteiger partial charge is 0.493 e. The molecule has 1 unspecified atom stereocenters. The number of aliphatic hydroxyl groups excluding tert-OH is 2. The maximum Gasteiger partial charge on any atom is 0.166 e. The average molecular weight is 315 g/mol. The third kappa shape index (κ3) is 4.50. The maximum atomic E-state index is 10.1. The molecule has 0 aliphatic heterocycles. The van der Waals surface area contributed by atoms with E-state index >= 15 is 0 Å². The molecule has 1 aromatic carbocycles. The fourth-order valence-electron chi connectivity index (χ4n) is 2.93. The van der Waals surface area contributed by atoms with E-state index < -0.39 is 6.10 Å². The first-order valence-corrected chi connectivity index (χ1v) is 7.80. The Morgan fingerprint density at radius 2 is 2.05 bits per heavy atom. The van der Waals surface area contributed by atoms with Gasteiger partial charge in [0.15, 0.2) is 11.5 Å². The quantitative estimate of drug-likeness (QED) is 0.811. The lowest BCUT2D eigenvalue weighted by Gasteiger charge is -2.19. The Hall–Kier alpha value is -0.970. The second-order valence-corrected chi connectivity index (χ2v) is 6.04. The number of benzene rings is 1. The SMILES string of the molecule is COc1cc(Cl)cc(CO)c1OCC(O)CC1CCCC1. The molecule has 0 heterocycles. The van der Waals surface area contributed by atoms with Crippen LogP contribution in [0.4, 0.5) is 0 Å². The topological polar surface area (TPSA) is 58.9 Å². The molecule has 118 valence electrons. The lowest BCUT2D eigenvalue weighted by molar-refractivity contribution is 0.0829. The summed E-state index contributed by atoms with van der Waals surface area (Å²) in [6.45, 7) is 0.00641. The molecular weight excluding hydrogens is 292 g/mol. The van der Waals surface area contributed by atoms with E-state index in [0.717, 1.165) is 6.42 Å². The predicted molar refractivity (Wildman–Crippen MR) is 82.0 cm³/mol. The van der Waals surface area contributed by atoms with Gasteiger partial charge in [0.25, 0.3) is 0 Å². The molecule has 2 rings (SSSR count). The van der Waals surface area contributed by atoms with Gasteiger partial charge >= 0.3 is 0 Å². The van der Waals surface area contributed by atoms with Crippen molar-refractivity contribution in [2.24, 2.45) is 5.92 Å². The van der Waals surface area contributed by atoms with Crippen LogP contribution in [0.25, 0.3) is 0 Å². The van der Waals surface area contributed by atoms with Gasteiger partial charge in [-0.2, -0.15) is 0 Å². The van der Waals surface area contributed by atoms with Crippen molar-refractivity contribution in [1.29, 1.82) is 0 Å². The molecule has 1 fully saturated rings. The molecule has 1 aliphatic rings. The van der Waals surface area contributed by atoms with Gasteiger partial charge in [0.05, 0.1) is 19.8 Å². The van der Waals surface area contributed by atoms with Gasteiger partial charge < -0.3 is 19.7 Å². The average Bonchev–Trinajstić information content (AvgIpc) is 2.97. The monoisotopic (exact) mass is 314 g/mol. The Morgan fingerprint density at radius 1 is 1.33 bits per heavy atom. The summed E-state index contributed by atoms with van der Waals surface area (Å²) >= 11 is 5.96. The van der Waals surface area contributed by atoms with Crippen molar-refractivity contribution in [1.82, 2.24) is 0 Å². The second kappa shape index (κ2) is 7.87. The van der Waals surface area contributed by atoms with Gasteiger partial charge in [0.2, 0.25) is 0 Å². The van der Waals surface area contributed by atoms with Crippen molar-refractivity contribution in [2.75, 3.05) is 13.7 Å². The normalized spacial score (nSPS) is 17.0. The molecule has 1 aromatic rings. The van der Waals surface area contributed by atoms with Crippen LogP contribution in [-0.2, 0) is 6.61 Å². The Labute approximate surface area is 130 Å². The number of methoxy groups -OCH3 is 1. The minimum Gasteiger partial charge on any atom is -0.493 e. The van der Waals surface area contributed by atoms with Gasteiger partial charge in [0, 0.05) is 16.7 Å². The van der Waals surface area contributed by atoms with Crippen LogP contribution in [0, 0.1) is 5.92 Å². The zero-order valence-corrected chi connectivity index (χ0v) is 13.1. The Balaban J connectivity index is 1.97. The van der Waals surface area contributed by atoms with Crippen molar-refractivity contribution in [2.45, 2.75) is 44.8 Å². The van der Waals surface area contributed by atoms with E-state index in [9.17, 15) is 10.2 Å². The standard InChI is InChI=1S/C16H23ClO4/c1-20-15-8-13(17)7-12(9-18)16(15)21-10-14(19)6-11-4-2-3-5-11/h7-8,11,14,18-19H,2-6,9-10H2,1H3. The third-order valence-corrected chi connectivity index (χ3v) is 4.21. The number of hydrogen-bond donors (Lipinski definition) is 2. The number of rotatable bonds is 7. The number of aliphatic hydroxyl groups is 2. The van der Waals surface area contributed by atoms with E-state index in [2.05, 4.69) is 0 Å². The number of halogens is 1. The fraction of sp³-hybridized carbons (Fsp3) is 0.625. The molecule has 21 heavy (non-hydrogen) atoms. The van der Waals surface area contributed by atoms with Gasteiger partial charge in [-0.3, -0.25) is 0 Å². The zero-order valence-electron chi connectivity index (χ0n) is 12.3. The summed E-state index contributed by atoms with van der Waals surface area (Å²) in [6, 6.07) is 3.28. The lowest BCUT2D eigenvalue weighted by atomic mass is 10.0. The van der Waals surface area contributed by atoms with E-state index in [4.69, 9.17) is 21.1 Å². The summed E-state index contributed by atoms with van der Waals surface area (Å²) in [5.41, 5.74) is 0.562. The molecular formula is C16H23ClO4. The van der Waals surface area contributed by atoms with Gasteiger partial charge in [0.1, 0.15) is 6.61 Å². The van der Waals surface area contributed by atoms with Crippen LogP contribution in [0.1, 0.15) is 37.7 Å². The highest BCUT2D eigenvalue weighted by molar-refractivity contribution is 6.30. The van der Waals surface area contributed by atoms with Crippen LogP contribution in [0.15, 0.2) is 12.1 Å². The van der Waals surface area contributed by atoms with Crippen LogP contribution in [0.3, 0.4) is 0 Å². The number of hydrogen-bond acceptors (Lipinski definition) is 4. The maximum absolute atomic E-state index is 10.1. The van der Waals surface area contributed by atoms with Crippen molar-refractivity contribution in [3.8, 4) is 11.5 Å². The lowest BCUT2D eigenvalue weighted by Crippen LogP contribution is -2.21. The molecule has 0 radical (unpaired) electrons. The van der Waals surface area contributed by atoms with E-state index in [0.29, 0.717) is 28.0 Å². The summed E-state index contributed by atoms with van der Waals surface area (Å²) in [5, 5.41) is 20.0. The summed E-state index contributed by atoms with van der Waals surface area (Å²) in [4.78, 5) is 0. The Kier molecular flexibility index (Phi) is 6.15. The third-order valence-electron chi connectivity index (χ3n) is 3.99. The summed E-state index contributed by atoms with van der Waals surface area (Å²) in [7, 11) is 1.52. The van der Waals surface area contributed by atoms with Crippen LogP contribution < -0.4 is 9.47 Å². The fourth-order valence-corrected chi connectivity index (χ4v) is 3.16. The van der Waals surface area contributed by atoms with Gasteiger partial charge in [-0.25, -0.2) is 0 Å². The highest BCUT2D eigenvalue weighted by Crippen LogP contribution is 2.35. The van der Waals surface area contributed by atoms with Crippen LogP contribution in [-0.4, -0.2) is 30.0 Å². The molecule has 2 N–H and O–H groups in total. The first kappa shape index (κ1) is 16.4. The van der Waals surface area contributed by atoms with Gasteiger partial charge in [-0.05, 0) is 18.4 Å². The molecule has 1 atom stereocenters. The summed E-state index contributed by atoms with van der Waals surface area (Å²) in [5.74, 6) is 1.53. The molecule has 1 saturated carbocycles. The van der Waals surface area contributed by atoms with Crippen molar-refractivity contribution >= 4 is 11.6 Å². The highest BCUT2D eigenvalue weighted by Gasteiger charge is 2.20. The molecule has 1 aliphatic carbocycles. The molecule has 0 amide bonds. The smallest absolute Gasteiger partial charge is 0.166 e. The van der Waals surface area contributed by atoms with E-state index in [1.165, 1.54) is 32.8 Å². The summed E-state index contributed by atoms with van der Waals surface area (Å²) < 4.78 is 10.9. The van der Waals surface area contributed by atoms with Gasteiger partial charge in [-0.1, -0.05) is 37.3 Å². The first-order valence-electron chi connectivity index (χ1n) is 7.42. The molecule has 0 spiro atoms. The van der Waals surface area contributed by atoms with E-state index in [1.807, 2.05) is 0 Å².